The minimum Gasteiger partial charge on any atom is -0.472 e. The lowest BCUT2D eigenvalue weighted by Crippen LogP contribution is -2.27. The number of aryl methyl sites for hydroxylation is 1. The van der Waals surface area contributed by atoms with Crippen molar-refractivity contribution in [1.29, 1.82) is 0 Å². The van der Waals surface area contributed by atoms with E-state index in [9.17, 15) is 9.18 Å². The van der Waals surface area contributed by atoms with Crippen LogP contribution < -0.4 is 0 Å². The summed E-state index contributed by atoms with van der Waals surface area (Å²) in [6, 6.07) is 2.88. The molecule has 0 unspecified atom stereocenters. The van der Waals surface area contributed by atoms with Crippen molar-refractivity contribution in [1.82, 2.24) is 0 Å². The van der Waals surface area contributed by atoms with Gasteiger partial charge in [-0.2, -0.15) is 0 Å². The Kier molecular flexibility index (Phi) is 10.9. The number of rotatable bonds is 11. The van der Waals surface area contributed by atoms with Crippen LogP contribution in [0, 0.1) is 30.5 Å². The fourth-order valence-electron chi connectivity index (χ4n) is 3.80. The lowest BCUT2D eigenvalue weighted by Gasteiger charge is -2.30. The van der Waals surface area contributed by atoms with Crippen molar-refractivity contribution in [2.75, 3.05) is 13.2 Å². The first-order valence-corrected chi connectivity index (χ1v) is 11.3. The molecule has 5 heteroatoms. The maximum Gasteiger partial charge on any atom is 0.382 e. The Hall–Kier alpha value is -1.90. The van der Waals surface area contributed by atoms with E-state index in [1.165, 1.54) is 63.9 Å². The highest BCUT2D eigenvalue weighted by molar-refractivity contribution is 5.87. The third-order valence-electron chi connectivity index (χ3n) is 5.60. The quantitative estimate of drug-likeness (QED) is 0.346. The van der Waals surface area contributed by atoms with E-state index in [1.54, 1.807) is 6.07 Å². The van der Waals surface area contributed by atoms with Gasteiger partial charge in [-0.05, 0) is 31.0 Å². The van der Waals surface area contributed by atoms with Gasteiger partial charge in [0.2, 0.25) is 0 Å². The Morgan fingerprint density at radius 2 is 1.67 bits per heavy atom. The summed E-state index contributed by atoms with van der Waals surface area (Å²) < 4.78 is 26.0. The summed E-state index contributed by atoms with van der Waals surface area (Å²) in [6.07, 6.45) is 12.4. The molecular weight excluding hydrogens is 383 g/mol. The molecule has 4 nitrogen and oxygen atoms in total. The molecule has 2 rings (SSSR count). The zero-order valence-corrected chi connectivity index (χ0v) is 18.3. The number of hydrogen-bond acceptors (Lipinski definition) is 3. The molecule has 0 bridgehead atoms. The minimum atomic E-state index is -1.28. The molecule has 1 saturated heterocycles. The molecule has 166 valence electrons. The third kappa shape index (κ3) is 8.45. The van der Waals surface area contributed by atoms with Crippen LogP contribution in [0.25, 0.3) is 0 Å². The monoisotopic (exact) mass is 418 g/mol. The minimum absolute atomic E-state index is 0.0673. The number of ether oxygens (including phenoxy) is 2. The Morgan fingerprint density at radius 3 is 2.27 bits per heavy atom. The molecule has 0 saturated carbocycles. The third-order valence-corrected chi connectivity index (χ3v) is 5.60. The standard InChI is InChI=1S/C25H35FO4/c1-3-4-5-6-7-8-9-10-11-12-20-17-29-25(30-18-20)22-16-23(26)21(15-19(22)2)13-14-24(27)28/h15-16,20,25H,3-12,17-18H2,1-2H3,(H,27,28). The fourth-order valence-corrected chi connectivity index (χ4v) is 3.80. The van der Waals surface area contributed by atoms with Gasteiger partial charge in [-0.25, -0.2) is 9.18 Å². The topological polar surface area (TPSA) is 55.8 Å². The molecule has 0 amide bonds. The van der Waals surface area contributed by atoms with Gasteiger partial charge in [0.1, 0.15) is 5.82 Å². The highest BCUT2D eigenvalue weighted by atomic mass is 19.1. The summed E-state index contributed by atoms with van der Waals surface area (Å²) in [5, 5.41) is 8.63. The number of carbonyl (C=O) groups is 1. The van der Waals surface area contributed by atoms with Gasteiger partial charge in [-0.1, -0.05) is 70.6 Å². The second-order valence-corrected chi connectivity index (χ2v) is 8.23. The Balaban J connectivity index is 1.70. The molecule has 1 aliphatic rings. The van der Waals surface area contributed by atoms with Gasteiger partial charge in [-0.15, -0.1) is 0 Å². The predicted molar refractivity (Wildman–Crippen MR) is 116 cm³/mol. The molecule has 1 aromatic carbocycles. The average Bonchev–Trinajstić information content (AvgIpc) is 2.73. The number of aliphatic carboxylic acids is 1. The van der Waals surface area contributed by atoms with Gasteiger partial charge < -0.3 is 14.6 Å². The summed E-state index contributed by atoms with van der Waals surface area (Å²) in [7, 11) is 0. The highest BCUT2D eigenvalue weighted by Crippen LogP contribution is 2.30. The van der Waals surface area contributed by atoms with Gasteiger partial charge in [0.25, 0.3) is 0 Å². The summed E-state index contributed by atoms with van der Waals surface area (Å²) in [5.74, 6) is 2.82. The average molecular weight is 419 g/mol. The summed E-state index contributed by atoms with van der Waals surface area (Å²) in [6.45, 7) is 5.30. The van der Waals surface area contributed by atoms with Crippen LogP contribution in [0.3, 0.4) is 0 Å². The van der Waals surface area contributed by atoms with Crippen LogP contribution in [0.4, 0.5) is 4.39 Å². The largest absolute Gasteiger partial charge is 0.472 e. The van der Waals surface area contributed by atoms with E-state index in [2.05, 4.69) is 12.8 Å². The van der Waals surface area contributed by atoms with Crippen molar-refractivity contribution in [3.8, 4) is 11.8 Å². The van der Waals surface area contributed by atoms with Crippen molar-refractivity contribution in [3.05, 3.63) is 34.6 Å². The molecule has 1 aliphatic heterocycles. The summed E-state index contributed by atoms with van der Waals surface area (Å²) >= 11 is 0. The molecule has 1 aromatic rings. The Labute approximate surface area is 180 Å². The Bertz CT molecular complexity index is 727. The van der Waals surface area contributed by atoms with E-state index in [1.807, 2.05) is 12.8 Å². The zero-order chi connectivity index (χ0) is 21.8. The predicted octanol–water partition coefficient (Wildman–Crippen LogP) is 6.15. The van der Waals surface area contributed by atoms with Crippen molar-refractivity contribution in [2.24, 2.45) is 5.92 Å². The van der Waals surface area contributed by atoms with Gasteiger partial charge in [0.15, 0.2) is 6.29 Å². The van der Waals surface area contributed by atoms with Gasteiger partial charge >= 0.3 is 5.97 Å². The lowest BCUT2D eigenvalue weighted by molar-refractivity contribution is -0.206. The van der Waals surface area contributed by atoms with Crippen molar-refractivity contribution in [2.45, 2.75) is 84.3 Å². The lowest BCUT2D eigenvalue weighted by atomic mass is 9.99. The molecule has 0 radical (unpaired) electrons. The van der Waals surface area contributed by atoms with E-state index < -0.39 is 18.1 Å². The number of unbranched alkanes of at least 4 members (excludes halogenated alkanes) is 8. The second-order valence-electron chi connectivity index (χ2n) is 8.23. The van der Waals surface area contributed by atoms with Gasteiger partial charge in [0, 0.05) is 17.4 Å². The zero-order valence-electron chi connectivity index (χ0n) is 18.3. The smallest absolute Gasteiger partial charge is 0.382 e. The van der Waals surface area contributed by atoms with Crippen molar-refractivity contribution in [3.63, 3.8) is 0 Å². The van der Waals surface area contributed by atoms with E-state index in [-0.39, 0.29) is 5.56 Å². The Morgan fingerprint density at radius 1 is 1.07 bits per heavy atom. The molecule has 0 spiro atoms. The highest BCUT2D eigenvalue weighted by Gasteiger charge is 2.25. The van der Waals surface area contributed by atoms with Crippen LogP contribution in [0.5, 0.6) is 0 Å². The first kappa shape index (κ1) is 24.4. The number of carboxylic acid groups (broad SMARTS) is 1. The van der Waals surface area contributed by atoms with Crippen molar-refractivity contribution >= 4 is 5.97 Å². The maximum atomic E-state index is 14.3. The molecule has 0 aliphatic carbocycles. The molecule has 0 atom stereocenters. The van der Waals surface area contributed by atoms with Crippen LogP contribution >= 0.6 is 0 Å². The normalized spacial score (nSPS) is 18.6. The molecule has 1 N–H and O–H groups in total. The molecular formula is C25H35FO4. The fraction of sp³-hybridized carbons (Fsp3) is 0.640. The first-order valence-electron chi connectivity index (χ1n) is 11.3. The van der Waals surface area contributed by atoms with Crippen LogP contribution in [0.15, 0.2) is 12.1 Å². The summed E-state index contributed by atoms with van der Waals surface area (Å²) in [5.41, 5.74) is 1.47. The van der Waals surface area contributed by atoms with Crippen molar-refractivity contribution < 1.29 is 23.8 Å². The van der Waals surface area contributed by atoms with E-state index >= 15 is 0 Å². The number of carboxylic acids is 1. The number of benzene rings is 1. The van der Waals surface area contributed by atoms with Crippen LogP contribution in [0.2, 0.25) is 0 Å². The SMILES string of the molecule is CCCCCCCCCCCC1COC(c2cc(F)c(C#CC(=O)O)cc2C)OC1. The van der Waals surface area contributed by atoms with E-state index in [0.717, 1.165) is 12.0 Å². The number of halogens is 1. The van der Waals surface area contributed by atoms with E-state index in [0.29, 0.717) is 24.7 Å². The van der Waals surface area contributed by atoms with Crippen LogP contribution in [0.1, 0.15) is 94.1 Å². The second kappa shape index (κ2) is 13.4. The first-order chi connectivity index (χ1) is 14.5. The summed E-state index contributed by atoms with van der Waals surface area (Å²) in [4.78, 5) is 10.6. The molecule has 1 heterocycles. The molecule has 30 heavy (non-hydrogen) atoms. The molecule has 0 aromatic heterocycles. The van der Waals surface area contributed by atoms with Crippen LogP contribution in [-0.4, -0.2) is 24.3 Å². The van der Waals surface area contributed by atoms with Crippen LogP contribution in [-0.2, 0) is 14.3 Å². The van der Waals surface area contributed by atoms with Gasteiger partial charge in [-0.3, -0.25) is 0 Å². The molecule has 1 fully saturated rings. The van der Waals surface area contributed by atoms with E-state index in [4.69, 9.17) is 14.6 Å². The number of hydrogen-bond donors (Lipinski definition) is 1. The van der Waals surface area contributed by atoms with Gasteiger partial charge in [0.05, 0.1) is 18.8 Å². The maximum absolute atomic E-state index is 14.3.